The SMILES string of the molecule is O=C(CC1CC2CCC(C1)N2)NCCc1nc(C(F)(F)F)cs1. The summed E-state index contributed by atoms with van der Waals surface area (Å²) in [6.07, 6.45) is 0.954. The third kappa shape index (κ3) is 4.44. The van der Waals surface area contributed by atoms with Crippen molar-refractivity contribution in [3.63, 3.8) is 0 Å². The van der Waals surface area contributed by atoms with Crippen molar-refractivity contribution >= 4 is 17.2 Å². The van der Waals surface area contributed by atoms with Gasteiger partial charge in [0.15, 0.2) is 5.69 Å². The standard InChI is InChI=1S/C15H20F3N3OS/c16-15(17,18)12-8-23-14(21-12)3-4-19-13(22)7-9-5-10-1-2-11(6-9)20-10/h8-11,20H,1-7H2,(H,19,22). The molecule has 2 N–H and O–H groups in total. The first-order valence-corrected chi connectivity index (χ1v) is 8.82. The first-order chi connectivity index (χ1) is 10.9. The molecule has 2 saturated heterocycles. The van der Waals surface area contributed by atoms with Crippen LogP contribution in [0.5, 0.6) is 0 Å². The van der Waals surface area contributed by atoms with Gasteiger partial charge >= 0.3 is 6.18 Å². The van der Waals surface area contributed by atoms with Gasteiger partial charge in [0.2, 0.25) is 5.91 Å². The Hall–Kier alpha value is -1.15. The van der Waals surface area contributed by atoms with Gasteiger partial charge in [-0.2, -0.15) is 13.2 Å². The van der Waals surface area contributed by atoms with Crippen LogP contribution in [0.4, 0.5) is 13.2 Å². The van der Waals surface area contributed by atoms with Gasteiger partial charge in [-0.15, -0.1) is 11.3 Å². The van der Waals surface area contributed by atoms with Gasteiger partial charge in [0, 0.05) is 36.9 Å². The maximum atomic E-state index is 12.4. The number of nitrogens with one attached hydrogen (secondary N) is 2. The third-order valence-electron chi connectivity index (χ3n) is 4.55. The molecule has 2 unspecified atom stereocenters. The molecule has 2 atom stereocenters. The Bertz CT molecular complexity index is 548. The summed E-state index contributed by atoms with van der Waals surface area (Å²) in [4.78, 5) is 15.5. The van der Waals surface area contributed by atoms with Crippen LogP contribution < -0.4 is 10.6 Å². The molecule has 4 nitrogen and oxygen atoms in total. The summed E-state index contributed by atoms with van der Waals surface area (Å²) in [5.41, 5.74) is -0.853. The summed E-state index contributed by atoms with van der Waals surface area (Å²) in [5, 5.41) is 7.76. The number of fused-ring (bicyclic) bond motifs is 2. The number of rotatable bonds is 5. The van der Waals surface area contributed by atoms with E-state index in [2.05, 4.69) is 15.6 Å². The molecule has 0 aromatic carbocycles. The molecule has 0 radical (unpaired) electrons. The van der Waals surface area contributed by atoms with Gasteiger partial charge in [-0.3, -0.25) is 4.79 Å². The van der Waals surface area contributed by atoms with Crippen molar-refractivity contribution in [3.8, 4) is 0 Å². The molecule has 2 aliphatic rings. The van der Waals surface area contributed by atoms with E-state index in [0.29, 0.717) is 42.4 Å². The number of carbonyl (C=O) groups is 1. The molecule has 1 aromatic rings. The Kier molecular flexibility index (Phi) is 4.91. The number of hydrogen-bond acceptors (Lipinski definition) is 4. The minimum atomic E-state index is -4.40. The van der Waals surface area contributed by atoms with Gasteiger partial charge in [-0.1, -0.05) is 0 Å². The lowest BCUT2D eigenvalue weighted by atomic mass is 9.89. The number of thiazole rings is 1. The molecule has 2 bridgehead atoms. The van der Waals surface area contributed by atoms with E-state index in [1.807, 2.05) is 0 Å². The normalized spacial score (nSPS) is 27.2. The molecule has 2 aliphatic heterocycles. The second-order valence-corrected chi connectivity index (χ2v) is 7.35. The van der Waals surface area contributed by atoms with Gasteiger partial charge in [0.05, 0.1) is 5.01 Å². The summed E-state index contributed by atoms with van der Waals surface area (Å²) < 4.78 is 37.3. The van der Waals surface area contributed by atoms with E-state index < -0.39 is 11.9 Å². The van der Waals surface area contributed by atoms with Crippen LogP contribution >= 0.6 is 11.3 Å². The zero-order valence-electron chi connectivity index (χ0n) is 12.7. The summed E-state index contributed by atoms with van der Waals surface area (Å²) in [6.45, 7) is 0.335. The first kappa shape index (κ1) is 16.7. The molecule has 23 heavy (non-hydrogen) atoms. The molecule has 128 valence electrons. The van der Waals surface area contributed by atoms with E-state index >= 15 is 0 Å². The van der Waals surface area contributed by atoms with E-state index in [4.69, 9.17) is 0 Å². The molecule has 1 amide bonds. The highest BCUT2D eigenvalue weighted by Gasteiger charge is 2.34. The van der Waals surface area contributed by atoms with Crippen LogP contribution in [0.2, 0.25) is 0 Å². The first-order valence-electron chi connectivity index (χ1n) is 7.94. The van der Waals surface area contributed by atoms with E-state index in [9.17, 15) is 18.0 Å². The van der Waals surface area contributed by atoms with Crippen LogP contribution in [0.1, 0.15) is 42.8 Å². The number of alkyl halides is 3. The maximum Gasteiger partial charge on any atom is 0.434 e. The van der Waals surface area contributed by atoms with Crippen molar-refractivity contribution in [2.24, 2.45) is 5.92 Å². The second-order valence-electron chi connectivity index (χ2n) is 6.40. The molecular weight excluding hydrogens is 327 g/mol. The minimum Gasteiger partial charge on any atom is -0.356 e. The van der Waals surface area contributed by atoms with Crippen molar-refractivity contribution in [2.45, 2.75) is 56.8 Å². The molecule has 1 aromatic heterocycles. The van der Waals surface area contributed by atoms with Crippen LogP contribution in [0.3, 0.4) is 0 Å². The third-order valence-corrected chi connectivity index (χ3v) is 5.46. The fourth-order valence-electron chi connectivity index (χ4n) is 3.54. The van der Waals surface area contributed by atoms with Gasteiger partial charge in [0.25, 0.3) is 0 Å². The minimum absolute atomic E-state index is 0.0103. The van der Waals surface area contributed by atoms with Gasteiger partial charge in [-0.05, 0) is 31.6 Å². The van der Waals surface area contributed by atoms with Crippen LogP contribution in [-0.2, 0) is 17.4 Å². The van der Waals surface area contributed by atoms with Crippen molar-refractivity contribution in [3.05, 3.63) is 16.1 Å². The zero-order valence-corrected chi connectivity index (χ0v) is 13.5. The lowest BCUT2D eigenvalue weighted by Crippen LogP contribution is -2.39. The average Bonchev–Trinajstić information content (AvgIpc) is 3.05. The number of halogens is 3. The number of carbonyl (C=O) groups excluding carboxylic acids is 1. The number of piperidine rings is 1. The average molecular weight is 347 g/mol. The van der Waals surface area contributed by atoms with Gasteiger partial charge in [0.1, 0.15) is 0 Å². The summed E-state index contributed by atoms with van der Waals surface area (Å²) >= 11 is 0.982. The maximum absolute atomic E-state index is 12.4. The fourth-order valence-corrected chi connectivity index (χ4v) is 4.35. The summed E-state index contributed by atoms with van der Waals surface area (Å²) in [6, 6.07) is 1.12. The molecule has 3 heterocycles. The van der Waals surface area contributed by atoms with Gasteiger partial charge in [-0.25, -0.2) is 4.98 Å². The van der Waals surface area contributed by atoms with E-state index in [0.717, 1.165) is 29.6 Å². The Morgan fingerprint density at radius 3 is 2.65 bits per heavy atom. The molecule has 3 rings (SSSR count). The lowest BCUT2D eigenvalue weighted by Gasteiger charge is -2.28. The highest BCUT2D eigenvalue weighted by Crippen LogP contribution is 2.32. The Morgan fingerprint density at radius 2 is 2.04 bits per heavy atom. The van der Waals surface area contributed by atoms with E-state index in [1.54, 1.807) is 0 Å². The Morgan fingerprint density at radius 1 is 1.35 bits per heavy atom. The van der Waals surface area contributed by atoms with Crippen LogP contribution in [-0.4, -0.2) is 29.5 Å². The lowest BCUT2D eigenvalue weighted by molar-refractivity contribution is -0.140. The zero-order chi connectivity index (χ0) is 16.4. The van der Waals surface area contributed by atoms with Gasteiger partial charge < -0.3 is 10.6 Å². The monoisotopic (exact) mass is 347 g/mol. The Labute approximate surface area is 136 Å². The van der Waals surface area contributed by atoms with Crippen molar-refractivity contribution in [1.82, 2.24) is 15.6 Å². The predicted octanol–water partition coefficient (Wildman–Crippen LogP) is 2.74. The van der Waals surface area contributed by atoms with Crippen molar-refractivity contribution < 1.29 is 18.0 Å². The largest absolute Gasteiger partial charge is 0.434 e. The molecule has 2 fully saturated rings. The van der Waals surface area contributed by atoms with Crippen molar-refractivity contribution in [1.29, 1.82) is 0 Å². The smallest absolute Gasteiger partial charge is 0.356 e. The Balaban J connectivity index is 1.38. The van der Waals surface area contributed by atoms with Crippen LogP contribution in [0.25, 0.3) is 0 Å². The predicted molar refractivity (Wildman–Crippen MR) is 81.1 cm³/mol. The highest BCUT2D eigenvalue weighted by atomic mass is 32.1. The molecule has 8 heteroatoms. The summed E-state index contributed by atoms with van der Waals surface area (Å²) in [5.74, 6) is 0.411. The topological polar surface area (TPSA) is 54.0 Å². The van der Waals surface area contributed by atoms with Crippen LogP contribution in [0, 0.1) is 5.92 Å². The quantitative estimate of drug-likeness (QED) is 0.861. The number of aromatic nitrogens is 1. The number of nitrogens with zero attached hydrogens (tertiary/aromatic N) is 1. The van der Waals surface area contributed by atoms with E-state index in [1.165, 1.54) is 12.8 Å². The van der Waals surface area contributed by atoms with Crippen molar-refractivity contribution in [2.75, 3.05) is 6.54 Å². The van der Waals surface area contributed by atoms with E-state index in [-0.39, 0.29) is 5.91 Å². The second kappa shape index (κ2) is 6.76. The highest BCUT2D eigenvalue weighted by molar-refractivity contribution is 7.09. The molecule has 0 saturated carbocycles. The number of hydrogen-bond donors (Lipinski definition) is 2. The summed E-state index contributed by atoms with van der Waals surface area (Å²) in [7, 11) is 0. The fraction of sp³-hybridized carbons (Fsp3) is 0.733. The van der Waals surface area contributed by atoms with Crippen LogP contribution in [0.15, 0.2) is 5.38 Å². The molecule has 0 spiro atoms. The number of amides is 1. The molecule has 0 aliphatic carbocycles. The molecular formula is C15H20F3N3OS.